The SMILES string of the molecule is C/C=c1/nc(N2CCC(N(C)c3nccc(=O)n3COC(=O)CCCNC(C)=O)CC2)n(Cc2ccc(F)cc2)/c1=C/C. The van der Waals surface area contributed by atoms with Crippen molar-refractivity contribution in [3.8, 4) is 0 Å². The second-order valence-corrected chi connectivity index (χ2v) is 10.5. The fourth-order valence-corrected chi connectivity index (χ4v) is 5.31. The lowest BCUT2D eigenvalue weighted by atomic mass is 10.0. The highest BCUT2D eigenvalue weighted by Gasteiger charge is 2.27. The van der Waals surface area contributed by atoms with Gasteiger partial charge < -0.3 is 24.4 Å². The molecule has 43 heavy (non-hydrogen) atoms. The van der Waals surface area contributed by atoms with Crippen LogP contribution in [0.15, 0.2) is 41.3 Å². The van der Waals surface area contributed by atoms with E-state index in [0.29, 0.717) is 25.5 Å². The highest BCUT2D eigenvalue weighted by atomic mass is 19.1. The molecule has 1 amide bonds. The number of rotatable bonds is 11. The van der Waals surface area contributed by atoms with Gasteiger partial charge in [-0.1, -0.05) is 24.3 Å². The standard InChI is InChI=1S/C31H40FN7O4/c1-5-26-27(6-2)38(20-23-9-11-24(32)12-10-23)31(35-26)37-18-14-25(15-19-37)36(4)30-34-17-13-28(41)39(30)21-43-29(42)8-7-16-33-22(3)40/h5-6,9-13,17,25H,7-8,14-16,18-21H2,1-4H3,(H,33,40)/b26-5+,27-6+. The van der Waals surface area contributed by atoms with Gasteiger partial charge in [-0.05, 0) is 50.8 Å². The second-order valence-electron chi connectivity index (χ2n) is 10.5. The van der Waals surface area contributed by atoms with Crippen LogP contribution in [0.25, 0.3) is 12.2 Å². The van der Waals surface area contributed by atoms with Gasteiger partial charge in [0.05, 0.1) is 17.2 Å². The summed E-state index contributed by atoms with van der Waals surface area (Å²) in [5.41, 5.74) is 0.678. The quantitative estimate of drug-likeness (QED) is 0.264. The van der Waals surface area contributed by atoms with Crippen molar-refractivity contribution in [3.63, 3.8) is 0 Å². The molecule has 230 valence electrons. The van der Waals surface area contributed by atoms with Gasteiger partial charge in [-0.2, -0.15) is 0 Å². The number of nitrogens with one attached hydrogen (secondary N) is 1. The van der Waals surface area contributed by atoms with Gasteiger partial charge in [0, 0.05) is 58.3 Å². The Balaban J connectivity index is 1.44. The molecule has 3 heterocycles. The molecule has 4 rings (SSSR count). The number of anilines is 2. The molecule has 1 aliphatic heterocycles. The van der Waals surface area contributed by atoms with E-state index < -0.39 is 5.97 Å². The predicted octanol–water partition coefficient (Wildman–Crippen LogP) is 1.75. The molecule has 11 nitrogen and oxygen atoms in total. The molecule has 0 spiro atoms. The zero-order valence-electron chi connectivity index (χ0n) is 25.3. The van der Waals surface area contributed by atoms with Crippen LogP contribution in [0.3, 0.4) is 0 Å². The Morgan fingerprint density at radius 3 is 2.49 bits per heavy atom. The summed E-state index contributed by atoms with van der Waals surface area (Å²) < 4.78 is 22.4. The Bertz CT molecular complexity index is 1590. The summed E-state index contributed by atoms with van der Waals surface area (Å²) in [7, 11) is 1.90. The van der Waals surface area contributed by atoms with Gasteiger partial charge >= 0.3 is 5.97 Å². The Labute approximate surface area is 250 Å². The minimum absolute atomic E-state index is 0.0973. The van der Waals surface area contributed by atoms with E-state index in [-0.39, 0.29) is 36.5 Å². The van der Waals surface area contributed by atoms with Crippen LogP contribution in [-0.4, -0.2) is 63.7 Å². The van der Waals surface area contributed by atoms with Crippen molar-refractivity contribution < 1.29 is 18.7 Å². The maximum atomic E-state index is 13.5. The average molecular weight is 594 g/mol. The lowest BCUT2D eigenvalue weighted by Crippen LogP contribution is -2.46. The Morgan fingerprint density at radius 2 is 1.84 bits per heavy atom. The molecule has 0 saturated carbocycles. The molecule has 0 unspecified atom stereocenters. The maximum absolute atomic E-state index is 13.5. The first-order valence-electron chi connectivity index (χ1n) is 14.6. The number of hydrogen-bond acceptors (Lipinski definition) is 8. The number of ether oxygens (including phenoxy) is 1. The lowest BCUT2D eigenvalue weighted by molar-refractivity contribution is -0.147. The molecule has 12 heteroatoms. The third kappa shape index (κ3) is 7.88. The zero-order chi connectivity index (χ0) is 30.9. The number of amides is 1. The van der Waals surface area contributed by atoms with Crippen molar-refractivity contribution >= 4 is 35.9 Å². The number of carbonyl (C=O) groups is 2. The second kappa shape index (κ2) is 14.6. The number of esters is 1. The summed E-state index contributed by atoms with van der Waals surface area (Å²) in [6.45, 7) is 7.57. The first kappa shape index (κ1) is 31.5. The van der Waals surface area contributed by atoms with Crippen molar-refractivity contribution in [2.45, 2.75) is 65.8 Å². The van der Waals surface area contributed by atoms with Gasteiger partial charge in [-0.3, -0.25) is 14.4 Å². The molecule has 0 bridgehead atoms. The number of benzene rings is 1. The van der Waals surface area contributed by atoms with Crippen LogP contribution in [-0.2, 0) is 27.6 Å². The van der Waals surface area contributed by atoms with E-state index >= 15 is 0 Å². The van der Waals surface area contributed by atoms with Crippen LogP contribution >= 0.6 is 0 Å². The number of halogens is 1. The van der Waals surface area contributed by atoms with Crippen molar-refractivity contribution in [1.82, 2.24) is 24.4 Å². The van der Waals surface area contributed by atoms with Crippen molar-refractivity contribution in [2.24, 2.45) is 0 Å². The van der Waals surface area contributed by atoms with E-state index in [0.717, 1.165) is 48.1 Å². The molecular formula is C31H40FN7O4. The van der Waals surface area contributed by atoms with Crippen LogP contribution in [0.4, 0.5) is 16.3 Å². The van der Waals surface area contributed by atoms with Crippen LogP contribution < -0.4 is 31.4 Å². The average Bonchev–Trinajstić information content (AvgIpc) is 3.36. The van der Waals surface area contributed by atoms with E-state index in [2.05, 4.69) is 19.8 Å². The fraction of sp³-hybridized carbons (Fsp3) is 0.452. The fourth-order valence-electron chi connectivity index (χ4n) is 5.31. The largest absolute Gasteiger partial charge is 0.444 e. The van der Waals surface area contributed by atoms with E-state index in [9.17, 15) is 18.8 Å². The molecule has 1 aliphatic rings. The number of carbonyl (C=O) groups excluding carboxylic acids is 2. The molecular weight excluding hydrogens is 553 g/mol. The van der Waals surface area contributed by atoms with Gasteiger partial charge in [0.2, 0.25) is 17.8 Å². The molecule has 2 aromatic heterocycles. The van der Waals surface area contributed by atoms with Crippen molar-refractivity contribution in [2.75, 3.05) is 36.5 Å². The number of hydrogen-bond donors (Lipinski definition) is 1. The third-order valence-corrected chi connectivity index (χ3v) is 7.63. The third-order valence-electron chi connectivity index (χ3n) is 7.63. The highest BCUT2D eigenvalue weighted by molar-refractivity contribution is 5.73. The molecule has 1 aromatic carbocycles. The smallest absolute Gasteiger partial charge is 0.307 e. The van der Waals surface area contributed by atoms with Gasteiger partial charge in [0.1, 0.15) is 5.82 Å². The first-order chi connectivity index (χ1) is 20.7. The molecule has 1 N–H and O–H groups in total. The van der Waals surface area contributed by atoms with Gasteiger partial charge in [-0.25, -0.2) is 18.9 Å². The summed E-state index contributed by atoms with van der Waals surface area (Å²) in [6.07, 6.45) is 7.68. The van der Waals surface area contributed by atoms with Crippen LogP contribution in [0.2, 0.25) is 0 Å². The van der Waals surface area contributed by atoms with Crippen LogP contribution in [0.5, 0.6) is 0 Å². The van der Waals surface area contributed by atoms with Gasteiger partial charge in [-0.15, -0.1) is 0 Å². The van der Waals surface area contributed by atoms with Gasteiger partial charge in [0.25, 0.3) is 5.56 Å². The van der Waals surface area contributed by atoms with Crippen molar-refractivity contribution in [1.29, 1.82) is 0 Å². The first-order valence-corrected chi connectivity index (χ1v) is 14.6. The predicted molar refractivity (Wildman–Crippen MR) is 163 cm³/mol. The zero-order valence-corrected chi connectivity index (χ0v) is 25.3. The monoisotopic (exact) mass is 593 g/mol. The molecule has 3 aromatic rings. The number of aromatic nitrogens is 4. The number of nitrogens with zero attached hydrogens (tertiary/aromatic N) is 6. The summed E-state index contributed by atoms with van der Waals surface area (Å²) in [5.74, 6) is 0.428. The Morgan fingerprint density at radius 1 is 1.12 bits per heavy atom. The minimum Gasteiger partial charge on any atom is -0.444 e. The Kier molecular flexibility index (Phi) is 10.7. The molecule has 1 saturated heterocycles. The molecule has 0 radical (unpaired) electrons. The topological polar surface area (TPSA) is 115 Å². The maximum Gasteiger partial charge on any atom is 0.307 e. The van der Waals surface area contributed by atoms with Crippen LogP contribution in [0.1, 0.15) is 52.0 Å². The van der Waals surface area contributed by atoms with Crippen molar-refractivity contribution in [3.05, 3.63) is 69.0 Å². The summed E-state index contributed by atoms with van der Waals surface area (Å²) in [4.78, 5) is 49.6. The van der Waals surface area contributed by atoms with Gasteiger partial charge in [0.15, 0.2) is 6.73 Å². The van der Waals surface area contributed by atoms with E-state index in [1.54, 1.807) is 12.1 Å². The summed E-state index contributed by atoms with van der Waals surface area (Å²) in [5, 5.41) is 4.56. The highest BCUT2D eigenvalue weighted by Crippen LogP contribution is 2.23. The Hall–Kier alpha value is -4.48. The lowest BCUT2D eigenvalue weighted by Gasteiger charge is -2.38. The normalized spacial score (nSPS) is 14.7. The van der Waals surface area contributed by atoms with E-state index in [4.69, 9.17) is 9.72 Å². The number of imidazole rings is 1. The molecule has 0 atom stereocenters. The minimum atomic E-state index is -0.452. The van der Waals surface area contributed by atoms with E-state index in [1.807, 2.05) is 37.9 Å². The summed E-state index contributed by atoms with van der Waals surface area (Å²) in [6, 6.07) is 7.98. The molecule has 1 fully saturated rings. The summed E-state index contributed by atoms with van der Waals surface area (Å²) >= 11 is 0. The number of piperidine rings is 1. The van der Waals surface area contributed by atoms with Crippen LogP contribution in [0, 0.1) is 5.82 Å². The van der Waals surface area contributed by atoms with E-state index in [1.165, 1.54) is 35.9 Å². The molecule has 0 aliphatic carbocycles.